The topological polar surface area (TPSA) is 24.5 Å². The Hall–Kier alpha value is -0.120. The summed E-state index contributed by atoms with van der Waals surface area (Å²) in [7, 11) is 0. The van der Waals surface area contributed by atoms with Crippen LogP contribution in [-0.2, 0) is 4.74 Å². The second kappa shape index (κ2) is 5.99. The number of nitrogens with zero attached hydrogens (tertiary/aromatic N) is 1. The summed E-state index contributed by atoms with van der Waals surface area (Å²) >= 11 is 0. The highest BCUT2D eigenvalue weighted by molar-refractivity contribution is 4.87. The van der Waals surface area contributed by atoms with E-state index in [-0.39, 0.29) is 0 Å². The van der Waals surface area contributed by atoms with E-state index in [0.717, 1.165) is 31.1 Å². The van der Waals surface area contributed by atoms with E-state index in [1.54, 1.807) is 0 Å². The van der Waals surface area contributed by atoms with E-state index >= 15 is 0 Å². The zero-order valence-electron chi connectivity index (χ0n) is 10.7. The molecule has 1 N–H and O–H groups in total. The molecule has 0 radical (unpaired) electrons. The van der Waals surface area contributed by atoms with Gasteiger partial charge in [-0.3, -0.25) is 4.90 Å². The lowest BCUT2D eigenvalue weighted by molar-refractivity contribution is 0.0983. The first-order valence-electron chi connectivity index (χ1n) is 6.83. The molecule has 2 aliphatic rings. The van der Waals surface area contributed by atoms with Gasteiger partial charge in [0.2, 0.25) is 0 Å². The Morgan fingerprint density at radius 3 is 2.69 bits per heavy atom. The zero-order valence-corrected chi connectivity index (χ0v) is 10.7. The van der Waals surface area contributed by atoms with Gasteiger partial charge in [-0.15, -0.1) is 0 Å². The highest BCUT2D eigenvalue weighted by Crippen LogP contribution is 2.27. The third kappa shape index (κ3) is 2.96. The molecule has 0 aromatic rings. The molecule has 2 rings (SSSR count). The molecule has 2 atom stereocenters. The molecule has 2 saturated heterocycles. The number of ether oxygens (including phenoxy) is 1. The Balaban J connectivity index is 1.80. The number of hydrogen-bond acceptors (Lipinski definition) is 3. The maximum atomic E-state index is 5.58. The molecule has 16 heavy (non-hydrogen) atoms. The van der Waals surface area contributed by atoms with Crippen LogP contribution in [0.1, 0.15) is 26.7 Å². The summed E-state index contributed by atoms with van der Waals surface area (Å²) < 4.78 is 5.58. The SMILES string of the molecule is CCOC[C@@H]1CN(C2CCNCC2)C[C@H]1C. The van der Waals surface area contributed by atoms with Crippen molar-refractivity contribution >= 4 is 0 Å². The molecule has 2 fully saturated rings. The molecule has 0 aromatic heterocycles. The maximum absolute atomic E-state index is 5.58. The van der Waals surface area contributed by atoms with E-state index in [0.29, 0.717) is 0 Å². The summed E-state index contributed by atoms with van der Waals surface area (Å²) in [6, 6.07) is 0.829. The van der Waals surface area contributed by atoms with Gasteiger partial charge in [-0.05, 0) is 44.7 Å². The Morgan fingerprint density at radius 1 is 1.25 bits per heavy atom. The van der Waals surface area contributed by atoms with Gasteiger partial charge in [-0.1, -0.05) is 6.92 Å². The minimum absolute atomic E-state index is 0.759. The Morgan fingerprint density at radius 2 is 2.00 bits per heavy atom. The fourth-order valence-corrected chi connectivity index (χ4v) is 3.03. The van der Waals surface area contributed by atoms with E-state index in [4.69, 9.17) is 4.74 Å². The number of hydrogen-bond donors (Lipinski definition) is 1. The van der Waals surface area contributed by atoms with Crippen LogP contribution in [0.2, 0.25) is 0 Å². The third-order valence-electron chi connectivity index (χ3n) is 4.16. The lowest BCUT2D eigenvalue weighted by atomic mass is 9.99. The summed E-state index contributed by atoms with van der Waals surface area (Å²) in [5.74, 6) is 1.57. The Labute approximate surface area is 99.5 Å². The minimum Gasteiger partial charge on any atom is -0.381 e. The quantitative estimate of drug-likeness (QED) is 0.783. The van der Waals surface area contributed by atoms with Crippen molar-refractivity contribution in [3.05, 3.63) is 0 Å². The van der Waals surface area contributed by atoms with Gasteiger partial charge in [0.1, 0.15) is 0 Å². The molecule has 2 heterocycles. The standard InChI is InChI=1S/C13H26N2O/c1-3-16-10-12-9-15(8-11(12)2)13-4-6-14-7-5-13/h11-14H,3-10H2,1-2H3/t11-,12+/m1/s1. The predicted octanol–water partition coefficient (Wildman–Crippen LogP) is 1.34. The maximum Gasteiger partial charge on any atom is 0.0509 e. The van der Waals surface area contributed by atoms with Gasteiger partial charge >= 0.3 is 0 Å². The molecule has 0 aromatic carbocycles. The van der Waals surface area contributed by atoms with Crippen LogP contribution >= 0.6 is 0 Å². The summed E-state index contributed by atoms with van der Waals surface area (Å²) in [5, 5.41) is 3.44. The highest BCUT2D eigenvalue weighted by atomic mass is 16.5. The molecule has 2 aliphatic heterocycles. The molecule has 0 spiro atoms. The largest absolute Gasteiger partial charge is 0.381 e. The fourth-order valence-electron chi connectivity index (χ4n) is 3.03. The molecule has 0 aliphatic carbocycles. The average molecular weight is 226 g/mol. The van der Waals surface area contributed by atoms with E-state index in [1.807, 2.05) is 0 Å². The van der Waals surface area contributed by atoms with Crippen LogP contribution in [0.15, 0.2) is 0 Å². The van der Waals surface area contributed by atoms with Crippen LogP contribution in [0.5, 0.6) is 0 Å². The molecule has 0 bridgehead atoms. The fraction of sp³-hybridized carbons (Fsp3) is 1.00. The van der Waals surface area contributed by atoms with Crippen LogP contribution in [-0.4, -0.2) is 50.3 Å². The first-order valence-corrected chi connectivity index (χ1v) is 6.83. The van der Waals surface area contributed by atoms with Crippen molar-refractivity contribution in [1.82, 2.24) is 10.2 Å². The van der Waals surface area contributed by atoms with Crippen LogP contribution in [0.25, 0.3) is 0 Å². The minimum atomic E-state index is 0.759. The van der Waals surface area contributed by atoms with Gasteiger partial charge in [-0.25, -0.2) is 0 Å². The molecule has 0 amide bonds. The normalized spacial score (nSPS) is 33.4. The predicted molar refractivity (Wildman–Crippen MR) is 66.6 cm³/mol. The average Bonchev–Trinajstić information content (AvgIpc) is 2.69. The number of nitrogens with one attached hydrogen (secondary N) is 1. The Bertz CT molecular complexity index is 204. The molecule has 0 unspecified atom stereocenters. The van der Waals surface area contributed by atoms with Crippen molar-refractivity contribution < 1.29 is 4.74 Å². The Kier molecular flexibility index (Phi) is 4.62. The number of likely N-dealkylation sites (tertiary alicyclic amines) is 1. The van der Waals surface area contributed by atoms with E-state index in [1.165, 1.54) is 39.0 Å². The second-order valence-electron chi connectivity index (χ2n) is 5.33. The van der Waals surface area contributed by atoms with Gasteiger partial charge in [0.25, 0.3) is 0 Å². The molecule has 0 saturated carbocycles. The summed E-state index contributed by atoms with van der Waals surface area (Å²) in [5.41, 5.74) is 0. The molecule has 3 heteroatoms. The first kappa shape index (κ1) is 12.3. The van der Waals surface area contributed by atoms with Crippen molar-refractivity contribution in [3.63, 3.8) is 0 Å². The lowest BCUT2D eigenvalue weighted by Crippen LogP contribution is -2.42. The van der Waals surface area contributed by atoms with Crippen LogP contribution in [0.3, 0.4) is 0 Å². The van der Waals surface area contributed by atoms with Gasteiger partial charge < -0.3 is 10.1 Å². The van der Waals surface area contributed by atoms with Gasteiger partial charge in [0, 0.05) is 25.7 Å². The van der Waals surface area contributed by atoms with E-state index in [9.17, 15) is 0 Å². The molecule has 3 nitrogen and oxygen atoms in total. The van der Waals surface area contributed by atoms with Crippen LogP contribution in [0.4, 0.5) is 0 Å². The van der Waals surface area contributed by atoms with Crippen molar-refractivity contribution in [1.29, 1.82) is 0 Å². The highest BCUT2D eigenvalue weighted by Gasteiger charge is 2.33. The van der Waals surface area contributed by atoms with Crippen molar-refractivity contribution in [3.8, 4) is 0 Å². The molecular weight excluding hydrogens is 200 g/mol. The van der Waals surface area contributed by atoms with Gasteiger partial charge in [0.05, 0.1) is 6.61 Å². The van der Waals surface area contributed by atoms with Crippen molar-refractivity contribution in [2.75, 3.05) is 39.4 Å². The monoisotopic (exact) mass is 226 g/mol. The van der Waals surface area contributed by atoms with Crippen molar-refractivity contribution in [2.24, 2.45) is 11.8 Å². The second-order valence-corrected chi connectivity index (χ2v) is 5.33. The van der Waals surface area contributed by atoms with E-state index in [2.05, 4.69) is 24.1 Å². The number of rotatable bonds is 4. The zero-order chi connectivity index (χ0) is 11.4. The summed E-state index contributed by atoms with van der Waals surface area (Å²) in [4.78, 5) is 2.70. The summed E-state index contributed by atoms with van der Waals surface area (Å²) in [6.45, 7) is 11.2. The molecular formula is C13H26N2O. The smallest absolute Gasteiger partial charge is 0.0509 e. The summed E-state index contributed by atoms with van der Waals surface area (Å²) in [6.07, 6.45) is 2.65. The van der Waals surface area contributed by atoms with E-state index < -0.39 is 0 Å². The third-order valence-corrected chi connectivity index (χ3v) is 4.16. The van der Waals surface area contributed by atoms with Gasteiger partial charge in [-0.2, -0.15) is 0 Å². The molecule has 94 valence electrons. The van der Waals surface area contributed by atoms with Crippen LogP contribution in [0, 0.1) is 11.8 Å². The van der Waals surface area contributed by atoms with Gasteiger partial charge in [0.15, 0.2) is 0 Å². The van der Waals surface area contributed by atoms with Crippen LogP contribution < -0.4 is 5.32 Å². The lowest BCUT2D eigenvalue weighted by Gasteiger charge is -2.31. The van der Waals surface area contributed by atoms with Crippen molar-refractivity contribution in [2.45, 2.75) is 32.7 Å². The first-order chi connectivity index (χ1) is 7.81. The number of piperidine rings is 1.